The lowest BCUT2D eigenvalue weighted by molar-refractivity contribution is 0.415. The number of hydrogen-bond acceptors (Lipinski definition) is 3. The van der Waals surface area contributed by atoms with E-state index in [-0.39, 0.29) is 4.90 Å². The third-order valence-corrected chi connectivity index (χ3v) is 6.66. The van der Waals surface area contributed by atoms with Gasteiger partial charge in [0.2, 0.25) is 0 Å². The summed E-state index contributed by atoms with van der Waals surface area (Å²) in [5.74, 6) is 1.23. The minimum absolute atomic E-state index is 0.228. The van der Waals surface area contributed by atoms with Crippen LogP contribution in [0.5, 0.6) is 5.75 Å². The second-order valence-corrected chi connectivity index (χ2v) is 9.13. The van der Waals surface area contributed by atoms with Crippen LogP contribution < -0.4 is 9.46 Å². The highest BCUT2D eigenvalue weighted by atomic mass is 32.2. The van der Waals surface area contributed by atoms with Crippen LogP contribution in [-0.2, 0) is 17.1 Å². The number of nitrogens with zero attached hydrogens (tertiary/aromatic N) is 1. The maximum absolute atomic E-state index is 13.2. The lowest BCUT2D eigenvalue weighted by Crippen LogP contribution is -2.15. The monoisotopic (exact) mass is 420 g/mol. The van der Waals surface area contributed by atoms with Gasteiger partial charge in [0.25, 0.3) is 10.0 Å². The Hall–Kier alpha value is -3.25. The summed E-state index contributed by atoms with van der Waals surface area (Å²) < 4.78 is 36.4. The van der Waals surface area contributed by atoms with Gasteiger partial charge in [-0.2, -0.15) is 0 Å². The number of rotatable bonds is 5. The molecule has 0 fully saturated rings. The number of benzene rings is 3. The first-order chi connectivity index (χ1) is 14.3. The Morgan fingerprint density at radius 2 is 1.47 bits per heavy atom. The molecule has 0 aliphatic carbocycles. The first kappa shape index (κ1) is 20.0. The lowest BCUT2D eigenvalue weighted by Gasteiger charge is -2.12. The molecule has 0 aliphatic heterocycles. The Kier molecular flexibility index (Phi) is 5.03. The van der Waals surface area contributed by atoms with Crippen LogP contribution in [0.15, 0.2) is 71.6 Å². The van der Waals surface area contributed by atoms with E-state index in [0.29, 0.717) is 5.82 Å². The summed E-state index contributed by atoms with van der Waals surface area (Å²) in [6, 6.07) is 20.6. The zero-order valence-corrected chi connectivity index (χ0v) is 18.2. The van der Waals surface area contributed by atoms with Crippen molar-refractivity contribution in [2.45, 2.75) is 18.7 Å². The molecule has 154 valence electrons. The van der Waals surface area contributed by atoms with Crippen LogP contribution in [0.25, 0.3) is 22.0 Å². The predicted molar refractivity (Wildman–Crippen MR) is 122 cm³/mol. The quantitative estimate of drug-likeness (QED) is 0.478. The Balaban J connectivity index is 1.94. The summed E-state index contributed by atoms with van der Waals surface area (Å²) in [6.45, 7) is 3.95. The molecule has 0 unspecified atom stereocenters. The molecule has 4 rings (SSSR count). The standard InChI is InChI=1S/C24H24N2O3S/c1-16-5-9-18(10-6-16)23-21-15-19(29-4)11-14-22(21)26(3)24(23)25-30(27,28)20-12-7-17(2)8-13-20/h5-15,25H,1-4H3. The number of fused-ring (bicyclic) bond motifs is 1. The molecule has 0 amide bonds. The summed E-state index contributed by atoms with van der Waals surface area (Å²) in [5.41, 5.74) is 4.81. The van der Waals surface area contributed by atoms with Crippen LogP contribution in [0.2, 0.25) is 0 Å². The fraction of sp³-hybridized carbons (Fsp3) is 0.167. The van der Waals surface area contributed by atoms with Crippen LogP contribution in [0, 0.1) is 13.8 Å². The van der Waals surface area contributed by atoms with E-state index in [9.17, 15) is 8.42 Å². The molecule has 4 aromatic rings. The average molecular weight is 421 g/mol. The molecule has 1 aromatic heterocycles. The van der Waals surface area contributed by atoms with E-state index in [1.807, 2.05) is 67.9 Å². The summed E-state index contributed by atoms with van der Waals surface area (Å²) in [5, 5.41) is 0.919. The number of nitrogens with one attached hydrogen (secondary N) is 1. The van der Waals surface area contributed by atoms with Crippen molar-refractivity contribution >= 4 is 26.7 Å². The van der Waals surface area contributed by atoms with Crippen molar-refractivity contribution in [1.82, 2.24) is 4.57 Å². The smallest absolute Gasteiger partial charge is 0.263 e. The molecule has 0 radical (unpaired) electrons. The third-order valence-electron chi connectivity index (χ3n) is 5.31. The maximum atomic E-state index is 13.2. The molecular weight excluding hydrogens is 396 g/mol. The third kappa shape index (κ3) is 3.55. The van der Waals surface area contributed by atoms with E-state index in [1.54, 1.807) is 31.4 Å². The van der Waals surface area contributed by atoms with Crippen LogP contribution in [0.3, 0.4) is 0 Å². The van der Waals surface area contributed by atoms with Crippen molar-refractivity contribution in [3.8, 4) is 16.9 Å². The summed E-state index contributed by atoms with van der Waals surface area (Å²) in [6.07, 6.45) is 0. The summed E-state index contributed by atoms with van der Waals surface area (Å²) in [7, 11) is -0.274. The maximum Gasteiger partial charge on any atom is 0.263 e. The first-order valence-electron chi connectivity index (χ1n) is 9.63. The number of methoxy groups -OCH3 is 1. The van der Waals surface area contributed by atoms with Gasteiger partial charge in [-0.15, -0.1) is 0 Å². The Labute approximate surface area is 177 Å². The van der Waals surface area contributed by atoms with E-state index in [4.69, 9.17) is 4.74 Å². The van der Waals surface area contributed by atoms with Crippen LogP contribution in [0.1, 0.15) is 11.1 Å². The molecule has 3 aromatic carbocycles. The van der Waals surface area contributed by atoms with Crippen LogP contribution >= 0.6 is 0 Å². The normalized spacial score (nSPS) is 11.6. The zero-order valence-electron chi connectivity index (χ0n) is 17.4. The minimum atomic E-state index is -3.76. The van der Waals surface area contributed by atoms with Gasteiger partial charge in [-0.1, -0.05) is 47.5 Å². The molecule has 1 heterocycles. The van der Waals surface area contributed by atoms with Crippen molar-refractivity contribution in [2.75, 3.05) is 11.8 Å². The molecule has 0 aliphatic rings. The largest absolute Gasteiger partial charge is 0.497 e. The van der Waals surface area contributed by atoms with Gasteiger partial charge in [-0.25, -0.2) is 8.42 Å². The molecule has 0 saturated heterocycles. The van der Waals surface area contributed by atoms with Crippen molar-refractivity contribution in [3.63, 3.8) is 0 Å². The zero-order chi connectivity index (χ0) is 21.5. The highest BCUT2D eigenvalue weighted by Gasteiger charge is 2.23. The number of ether oxygens (including phenoxy) is 1. The van der Waals surface area contributed by atoms with Crippen molar-refractivity contribution in [2.24, 2.45) is 7.05 Å². The highest BCUT2D eigenvalue weighted by molar-refractivity contribution is 7.92. The number of sulfonamides is 1. The summed E-state index contributed by atoms with van der Waals surface area (Å²) in [4.78, 5) is 0.228. The highest BCUT2D eigenvalue weighted by Crippen LogP contribution is 2.40. The number of anilines is 1. The van der Waals surface area contributed by atoms with E-state index >= 15 is 0 Å². The molecule has 0 atom stereocenters. The van der Waals surface area contributed by atoms with E-state index < -0.39 is 10.0 Å². The van der Waals surface area contributed by atoms with Gasteiger partial charge in [0.1, 0.15) is 11.6 Å². The molecule has 6 heteroatoms. The van der Waals surface area contributed by atoms with E-state index in [2.05, 4.69) is 4.72 Å². The molecule has 0 saturated carbocycles. The molecular formula is C24H24N2O3S. The van der Waals surface area contributed by atoms with Crippen molar-refractivity contribution in [1.29, 1.82) is 0 Å². The fourth-order valence-electron chi connectivity index (χ4n) is 3.59. The van der Waals surface area contributed by atoms with Gasteiger partial charge < -0.3 is 9.30 Å². The Bertz CT molecular complexity index is 1320. The van der Waals surface area contributed by atoms with Gasteiger partial charge in [0, 0.05) is 18.0 Å². The van der Waals surface area contributed by atoms with Gasteiger partial charge in [0.05, 0.1) is 17.5 Å². The lowest BCUT2D eigenvalue weighted by atomic mass is 10.0. The van der Waals surface area contributed by atoms with Crippen LogP contribution in [0.4, 0.5) is 5.82 Å². The molecule has 1 N–H and O–H groups in total. The second kappa shape index (κ2) is 7.54. The van der Waals surface area contributed by atoms with E-state index in [0.717, 1.165) is 38.9 Å². The SMILES string of the molecule is COc1ccc2c(c1)c(-c1ccc(C)cc1)c(NS(=O)(=O)c1ccc(C)cc1)n2C. The predicted octanol–water partition coefficient (Wildman–Crippen LogP) is 5.27. The molecule has 30 heavy (non-hydrogen) atoms. The average Bonchev–Trinajstić information content (AvgIpc) is 2.99. The number of aromatic nitrogens is 1. The van der Waals surface area contributed by atoms with Gasteiger partial charge in [-0.05, 0) is 49.7 Å². The molecule has 0 bridgehead atoms. The van der Waals surface area contributed by atoms with Gasteiger partial charge in [0.15, 0.2) is 0 Å². The van der Waals surface area contributed by atoms with Crippen molar-refractivity contribution < 1.29 is 13.2 Å². The minimum Gasteiger partial charge on any atom is -0.497 e. The number of hydrogen-bond donors (Lipinski definition) is 1. The topological polar surface area (TPSA) is 60.3 Å². The molecule has 5 nitrogen and oxygen atoms in total. The Morgan fingerprint density at radius 3 is 2.07 bits per heavy atom. The Morgan fingerprint density at radius 1 is 0.867 bits per heavy atom. The van der Waals surface area contributed by atoms with Gasteiger partial charge >= 0.3 is 0 Å². The molecule has 0 spiro atoms. The van der Waals surface area contributed by atoms with Crippen molar-refractivity contribution in [3.05, 3.63) is 77.9 Å². The first-order valence-corrected chi connectivity index (χ1v) is 11.1. The second-order valence-electron chi connectivity index (χ2n) is 7.45. The number of aryl methyl sites for hydroxylation is 3. The fourth-order valence-corrected chi connectivity index (χ4v) is 4.69. The summed E-state index contributed by atoms with van der Waals surface area (Å²) >= 11 is 0. The van der Waals surface area contributed by atoms with Crippen LogP contribution in [-0.4, -0.2) is 20.1 Å². The van der Waals surface area contributed by atoms with E-state index in [1.165, 1.54) is 0 Å². The van der Waals surface area contributed by atoms with Gasteiger partial charge in [-0.3, -0.25) is 4.72 Å².